The molecule has 0 aromatic rings. The maximum Gasteiger partial charge on any atom is 0.413 e. The molecule has 2 heterocycles. The van der Waals surface area contributed by atoms with Gasteiger partial charge in [0.15, 0.2) is 0 Å². The van der Waals surface area contributed by atoms with Crippen molar-refractivity contribution in [2.24, 2.45) is 10.9 Å². The number of nitrogens with zero attached hydrogens (tertiary/aromatic N) is 5. The number of hydrogen-bond donors (Lipinski definition) is 2. The third-order valence-corrected chi connectivity index (χ3v) is 8.10. The Bertz CT molecular complexity index is 914. The van der Waals surface area contributed by atoms with E-state index in [-0.39, 0.29) is 25.0 Å². The minimum absolute atomic E-state index is 0.206. The molecule has 3 rings (SSSR count). The number of carbonyl (C=O) groups excluding carboxylic acids is 3. The Balaban J connectivity index is 1.81. The highest BCUT2D eigenvalue weighted by Gasteiger charge is 2.38. The van der Waals surface area contributed by atoms with Crippen molar-refractivity contribution in [3.8, 4) is 6.07 Å². The average Bonchev–Trinajstić information content (AvgIpc) is 2.95. The van der Waals surface area contributed by atoms with E-state index in [4.69, 9.17) is 14.5 Å². The molecule has 2 N–H and O–H groups in total. The van der Waals surface area contributed by atoms with Crippen molar-refractivity contribution in [1.82, 2.24) is 25.3 Å². The number of aliphatic imine (C=N–C) groups is 1. The predicted octanol–water partition coefficient (Wildman–Crippen LogP) is 1.71. The number of likely N-dealkylation sites (tertiary alicyclic amines) is 1. The standard InChI is InChI=1S/C28H47N7O5/c1-4-39-24(36)20-34-15-17-35(18-16-34)26(31-27(38)40-5-2)30-23(19-22-9-7-6-8-10-22)25(37)32-28(21-29)11-13-33(3)14-12-28/h22-23H,4-20H2,1-3H3,(H,32,37)(H,30,31,38). The summed E-state index contributed by atoms with van der Waals surface area (Å²) >= 11 is 0. The SMILES string of the molecule is CCOC(=O)CN1CCN(C(=NC(CC2CCCCC2)C(=O)NC2(C#N)CCN(C)CC2)NC(=O)OCC)CC1. The zero-order valence-electron chi connectivity index (χ0n) is 24.5. The van der Waals surface area contributed by atoms with Crippen LogP contribution in [-0.4, -0.2) is 116 Å². The Morgan fingerprint density at radius 2 is 1.65 bits per heavy atom. The van der Waals surface area contributed by atoms with Gasteiger partial charge < -0.3 is 24.6 Å². The maximum absolute atomic E-state index is 13.8. The molecule has 0 bridgehead atoms. The molecule has 1 saturated carbocycles. The number of alkyl carbamates (subject to hydrolysis) is 1. The van der Waals surface area contributed by atoms with Gasteiger partial charge in [0.2, 0.25) is 11.9 Å². The first-order valence-electron chi connectivity index (χ1n) is 14.8. The van der Waals surface area contributed by atoms with E-state index in [1.807, 2.05) is 16.8 Å². The lowest BCUT2D eigenvalue weighted by atomic mass is 9.84. The molecule has 12 heteroatoms. The number of amides is 2. The normalized spacial score (nSPS) is 21.6. The fraction of sp³-hybridized carbons (Fsp3) is 0.821. The van der Waals surface area contributed by atoms with Gasteiger partial charge in [-0.3, -0.25) is 19.8 Å². The second-order valence-corrected chi connectivity index (χ2v) is 11.1. The van der Waals surface area contributed by atoms with Gasteiger partial charge in [-0.15, -0.1) is 0 Å². The van der Waals surface area contributed by atoms with E-state index in [1.54, 1.807) is 13.8 Å². The molecule has 1 unspecified atom stereocenters. The summed E-state index contributed by atoms with van der Waals surface area (Å²) in [6.07, 6.45) is 6.60. The van der Waals surface area contributed by atoms with Crippen LogP contribution >= 0.6 is 0 Å². The van der Waals surface area contributed by atoms with E-state index in [1.165, 1.54) is 6.42 Å². The van der Waals surface area contributed by atoms with E-state index in [9.17, 15) is 19.6 Å². The molecule has 1 aliphatic carbocycles. The third kappa shape index (κ3) is 9.63. The summed E-state index contributed by atoms with van der Waals surface area (Å²) in [7, 11) is 2.01. The van der Waals surface area contributed by atoms with Crippen LogP contribution in [0.15, 0.2) is 4.99 Å². The lowest BCUT2D eigenvalue weighted by molar-refractivity contribution is -0.144. The highest BCUT2D eigenvalue weighted by Crippen LogP contribution is 2.29. The smallest absolute Gasteiger partial charge is 0.413 e. The fourth-order valence-corrected chi connectivity index (χ4v) is 5.65. The molecule has 0 aromatic heterocycles. The van der Waals surface area contributed by atoms with Gasteiger partial charge in [-0.2, -0.15) is 5.26 Å². The largest absolute Gasteiger partial charge is 0.465 e. The minimum atomic E-state index is -0.919. The summed E-state index contributed by atoms with van der Waals surface area (Å²) in [5.74, 6) is 0.105. The van der Waals surface area contributed by atoms with Gasteiger partial charge in [-0.05, 0) is 46.1 Å². The topological polar surface area (TPSA) is 140 Å². The Hall–Kier alpha value is -2.91. The van der Waals surface area contributed by atoms with Gasteiger partial charge in [0.05, 0.1) is 25.8 Å². The van der Waals surface area contributed by atoms with Crippen molar-refractivity contribution >= 4 is 23.9 Å². The van der Waals surface area contributed by atoms with Crippen LogP contribution in [0.1, 0.15) is 65.2 Å². The van der Waals surface area contributed by atoms with Crippen molar-refractivity contribution < 1.29 is 23.9 Å². The predicted molar refractivity (Wildman–Crippen MR) is 150 cm³/mol. The van der Waals surface area contributed by atoms with Gasteiger partial charge in [-0.1, -0.05) is 32.1 Å². The number of ether oxygens (including phenoxy) is 2. The van der Waals surface area contributed by atoms with Crippen molar-refractivity contribution in [2.45, 2.75) is 76.8 Å². The Kier molecular flexibility index (Phi) is 12.5. The minimum Gasteiger partial charge on any atom is -0.465 e. The number of piperazine rings is 1. The molecule has 0 spiro atoms. The van der Waals surface area contributed by atoms with Crippen LogP contribution in [0.25, 0.3) is 0 Å². The van der Waals surface area contributed by atoms with Crippen LogP contribution in [0, 0.1) is 17.2 Å². The average molecular weight is 562 g/mol. The summed E-state index contributed by atoms with van der Waals surface area (Å²) < 4.78 is 10.2. The summed E-state index contributed by atoms with van der Waals surface area (Å²) in [5, 5.41) is 15.9. The van der Waals surface area contributed by atoms with Gasteiger partial charge in [0.1, 0.15) is 11.6 Å². The number of hydrogen-bond acceptors (Lipinski definition) is 9. The van der Waals surface area contributed by atoms with Gasteiger partial charge in [0.25, 0.3) is 0 Å². The molecule has 3 aliphatic rings. The molecule has 2 aliphatic heterocycles. The first-order valence-corrected chi connectivity index (χ1v) is 14.8. The number of esters is 1. The molecule has 224 valence electrons. The van der Waals surface area contributed by atoms with Crippen LogP contribution in [0.2, 0.25) is 0 Å². The molecule has 2 saturated heterocycles. The van der Waals surface area contributed by atoms with Gasteiger partial charge in [0, 0.05) is 39.3 Å². The summed E-state index contributed by atoms with van der Waals surface area (Å²) in [6.45, 7) is 7.90. The lowest BCUT2D eigenvalue weighted by Crippen LogP contribution is -2.57. The number of piperidine rings is 1. The Morgan fingerprint density at radius 3 is 2.25 bits per heavy atom. The van der Waals surface area contributed by atoms with Crippen LogP contribution < -0.4 is 10.6 Å². The zero-order valence-corrected chi connectivity index (χ0v) is 24.5. The van der Waals surface area contributed by atoms with Gasteiger partial charge in [-0.25, -0.2) is 9.79 Å². The van der Waals surface area contributed by atoms with E-state index in [0.717, 1.165) is 38.8 Å². The highest BCUT2D eigenvalue weighted by molar-refractivity contribution is 5.96. The molecular formula is C28H47N7O5. The Labute approximate surface area is 238 Å². The first-order chi connectivity index (χ1) is 19.3. The lowest BCUT2D eigenvalue weighted by Gasteiger charge is -2.38. The molecule has 0 radical (unpaired) electrons. The number of rotatable bonds is 9. The van der Waals surface area contributed by atoms with Crippen LogP contribution in [0.3, 0.4) is 0 Å². The summed E-state index contributed by atoms with van der Waals surface area (Å²) in [5.41, 5.74) is -0.919. The van der Waals surface area contributed by atoms with E-state index in [2.05, 4.69) is 21.6 Å². The fourth-order valence-electron chi connectivity index (χ4n) is 5.65. The first kappa shape index (κ1) is 31.6. The monoisotopic (exact) mass is 561 g/mol. The number of nitrogens with one attached hydrogen (secondary N) is 2. The van der Waals surface area contributed by atoms with Crippen molar-refractivity contribution in [2.75, 3.05) is 66.1 Å². The molecule has 3 fully saturated rings. The van der Waals surface area contributed by atoms with Crippen LogP contribution in [0.4, 0.5) is 4.79 Å². The second-order valence-electron chi connectivity index (χ2n) is 11.1. The van der Waals surface area contributed by atoms with E-state index in [0.29, 0.717) is 63.9 Å². The van der Waals surface area contributed by atoms with Crippen LogP contribution in [-0.2, 0) is 19.1 Å². The van der Waals surface area contributed by atoms with Gasteiger partial charge >= 0.3 is 12.1 Å². The Morgan fingerprint density at radius 1 is 1.00 bits per heavy atom. The molecule has 2 amide bonds. The number of nitriles is 1. The zero-order chi connectivity index (χ0) is 29.0. The highest BCUT2D eigenvalue weighted by atomic mass is 16.5. The second kappa shape index (κ2) is 15.8. The molecule has 0 aromatic carbocycles. The quantitative estimate of drug-likeness (QED) is 0.245. The summed E-state index contributed by atoms with van der Waals surface area (Å²) in [4.78, 5) is 49.2. The number of carbonyl (C=O) groups is 3. The van der Waals surface area contributed by atoms with Crippen molar-refractivity contribution in [1.29, 1.82) is 5.26 Å². The molecule has 1 atom stereocenters. The number of guanidine groups is 1. The van der Waals surface area contributed by atoms with Crippen molar-refractivity contribution in [3.63, 3.8) is 0 Å². The third-order valence-electron chi connectivity index (χ3n) is 8.10. The van der Waals surface area contributed by atoms with Crippen molar-refractivity contribution in [3.05, 3.63) is 0 Å². The van der Waals surface area contributed by atoms with E-state index >= 15 is 0 Å². The molecule has 12 nitrogen and oxygen atoms in total. The van der Waals surface area contributed by atoms with Crippen LogP contribution in [0.5, 0.6) is 0 Å². The van der Waals surface area contributed by atoms with E-state index < -0.39 is 17.7 Å². The molecule has 40 heavy (non-hydrogen) atoms. The maximum atomic E-state index is 13.8. The summed E-state index contributed by atoms with van der Waals surface area (Å²) in [6, 6.07) is 1.62. The molecular weight excluding hydrogens is 514 g/mol.